The molecule has 0 saturated carbocycles. The van der Waals surface area contributed by atoms with Crippen molar-refractivity contribution in [1.29, 1.82) is 0 Å². The van der Waals surface area contributed by atoms with E-state index in [1.54, 1.807) is 28.9 Å². The zero-order valence-electron chi connectivity index (χ0n) is 13.3. The molecule has 3 aromatic rings. The fraction of sp³-hybridized carbons (Fsp3) is 0.429. The second-order valence-corrected chi connectivity index (χ2v) is 5.71. The minimum absolute atomic E-state index is 0.126. The molecule has 0 N–H and O–H groups in total. The van der Waals surface area contributed by atoms with Crippen LogP contribution in [0.1, 0.15) is 27.8 Å². The van der Waals surface area contributed by atoms with E-state index >= 15 is 0 Å². The fourth-order valence-corrected chi connectivity index (χ4v) is 2.71. The smallest absolute Gasteiger partial charge is 0.259 e. The average molecular weight is 328 g/mol. The lowest BCUT2D eigenvalue weighted by Gasteiger charge is -2.31. The van der Waals surface area contributed by atoms with Crippen molar-refractivity contribution in [2.45, 2.75) is 13.0 Å². The highest BCUT2D eigenvalue weighted by molar-refractivity contribution is 5.99. The second-order valence-electron chi connectivity index (χ2n) is 5.71. The van der Waals surface area contributed by atoms with Gasteiger partial charge in [-0.05, 0) is 17.7 Å². The third-order valence-electron chi connectivity index (χ3n) is 3.88. The Hall–Kier alpha value is -2.88. The molecule has 1 atom stereocenters. The third-order valence-corrected chi connectivity index (χ3v) is 3.88. The summed E-state index contributed by atoms with van der Waals surface area (Å²) in [4.78, 5) is 20.3. The van der Waals surface area contributed by atoms with Crippen LogP contribution in [0.2, 0.25) is 0 Å². The number of morpholine rings is 1. The fourth-order valence-electron chi connectivity index (χ4n) is 2.71. The molecule has 3 aromatic heterocycles. The molecule has 1 aliphatic heterocycles. The maximum absolute atomic E-state index is 12.9. The number of nitrogens with zero attached hydrogens (tertiary/aromatic N) is 8. The molecule has 4 heterocycles. The van der Waals surface area contributed by atoms with Crippen LogP contribution in [0.15, 0.2) is 18.6 Å². The van der Waals surface area contributed by atoms with Crippen LogP contribution in [0.5, 0.6) is 0 Å². The number of amides is 1. The Balaban J connectivity index is 1.59. The van der Waals surface area contributed by atoms with Crippen LogP contribution in [-0.4, -0.2) is 65.3 Å². The number of hydrogen-bond acceptors (Lipinski definition) is 7. The van der Waals surface area contributed by atoms with Gasteiger partial charge in [-0.1, -0.05) is 0 Å². The van der Waals surface area contributed by atoms with Gasteiger partial charge in [-0.2, -0.15) is 9.90 Å². The van der Waals surface area contributed by atoms with Crippen molar-refractivity contribution in [3.63, 3.8) is 0 Å². The van der Waals surface area contributed by atoms with Crippen molar-refractivity contribution in [1.82, 2.24) is 39.7 Å². The van der Waals surface area contributed by atoms with Gasteiger partial charge in [-0.3, -0.25) is 4.79 Å². The Morgan fingerprint density at radius 2 is 2.25 bits per heavy atom. The molecule has 1 amide bonds. The number of hydrogen-bond donors (Lipinski definition) is 0. The van der Waals surface area contributed by atoms with Crippen LogP contribution in [0.25, 0.3) is 5.65 Å². The maximum atomic E-state index is 12.9. The second kappa shape index (κ2) is 5.64. The van der Waals surface area contributed by atoms with Crippen LogP contribution < -0.4 is 0 Å². The molecule has 0 bridgehead atoms. The highest BCUT2D eigenvalue weighted by atomic mass is 16.5. The Morgan fingerprint density at radius 3 is 3.04 bits per heavy atom. The molecular weight excluding hydrogens is 312 g/mol. The number of rotatable bonds is 2. The summed E-state index contributed by atoms with van der Waals surface area (Å²) in [7, 11) is 1.69. The average Bonchev–Trinajstić information content (AvgIpc) is 3.20. The summed E-state index contributed by atoms with van der Waals surface area (Å²) in [5, 5.41) is 16.1. The van der Waals surface area contributed by atoms with Crippen LogP contribution in [-0.2, 0) is 11.8 Å². The van der Waals surface area contributed by atoms with Crippen molar-refractivity contribution in [3.8, 4) is 0 Å². The summed E-state index contributed by atoms with van der Waals surface area (Å²) in [6, 6.07) is 0. The molecule has 10 heteroatoms. The largest absolute Gasteiger partial charge is 0.366 e. The van der Waals surface area contributed by atoms with Gasteiger partial charge >= 0.3 is 0 Å². The van der Waals surface area contributed by atoms with Gasteiger partial charge in [0.15, 0.2) is 5.65 Å². The molecule has 1 saturated heterocycles. The van der Waals surface area contributed by atoms with Crippen LogP contribution in [0.4, 0.5) is 0 Å². The lowest BCUT2D eigenvalue weighted by molar-refractivity contribution is -0.0268. The first-order chi connectivity index (χ1) is 11.6. The van der Waals surface area contributed by atoms with Gasteiger partial charge in [0.25, 0.3) is 5.91 Å². The quantitative estimate of drug-likeness (QED) is 0.640. The lowest BCUT2D eigenvalue weighted by atomic mass is 10.2. The van der Waals surface area contributed by atoms with E-state index in [1.165, 1.54) is 4.80 Å². The summed E-state index contributed by atoms with van der Waals surface area (Å²) in [6.45, 7) is 3.21. The molecule has 0 aliphatic carbocycles. The molecule has 1 unspecified atom stereocenters. The molecule has 0 aromatic carbocycles. The number of aryl methyl sites for hydroxylation is 2. The predicted molar refractivity (Wildman–Crippen MR) is 81.1 cm³/mol. The molecule has 24 heavy (non-hydrogen) atoms. The number of aromatic nitrogens is 7. The molecule has 0 radical (unpaired) electrons. The predicted octanol–water partition coefficient (Wildman–Crippen LogP) is -0.225. The first-order valence-electron chi connectivity index (χ1n) is 7.56. The van der Waals surface area contributed by atoms with Crippen molar-refractivity contribution < 1.29 is 9.53 Å². The minimum atomic E-state index is -0.381. The van der Waals surface area contributed by atoms with Crippen LogP contribution >= 0.6 is 0 Å². The van der Waals surface area contributed by atoms with Crippen molar-refractivity contribution in [2.75, 3.05) is 19.7 Å². The summed E-state index contributed by atoms with van der Waals surface area (Å²) in [5.74, 6) is 0.349. The van der Waals surface area contributed by atoms with E-state index in [2.05, 4.69) is 25.5 Å². The third kappa shape index (κ3) is 2.50. The normalized spacial score (nSPS) is 18.2. The maximum Gasteiger partial charge on any atom is 0.259 e. The number of ether oxygens (including phenoxy) is 1. The molecule has 4 rings (SSSR count). The molecule has 10 nitrogen and oxygen atoms in total. The van der Waals surface area contributed by atoms with E-state index in [0.29, 0.717) is 36.7 Å². The Kier molecular flexibility index (Phi) is 3.45. The molecule has 1 fully saturated rings. The number of tetrazole rings is 1. The van der Waals surface area contributed by atoms with Crippen molar-refractivity contribution in [3.05, 3.63) is 35.5 Å². The van der Waals surface area contributed by atoms with Gasteiger partial charge in [0.05, 0.1) is 26.4 Å². The number of fused-ring (bicyclic) bond motifs is 1. The zero-order valence-corrected chi connectivity index (χ0v) is 13.3. The van der Waals surface area contributed by atoms with Gasteiger partial charge in [0.2, 0.25) is 5.82 Å². The summed E-state index contributed by atoms with van der Waals surface area (Å²) in [6.07, 6.45) is 4.73. The van der Waals surface area contributed by atoms with Gasteiger partial charge < -0.3 is 9.64 Å². The minimum Gasteiger partial charge on any atom is -0.366 e. The van der Waals surface area contributed by atoms with E-state index in [4.69, 9.17) is 4.74 Å². The highest BCUT2D eigenvalue weighted by Gasteiger charge is 2.30. The highest BCUT2D eigenvalue weighted by Crippen LogP contribution is 2.21. The first kappa shape index (κ1) is 14.7. The van der Waals surface area contributed by atoms with Gasteiger partial charge in [-0.25, -0.2) is 9.50 Å². The van der Waals surface area contributed by atoms with Crippen molar-refractivity contribution in [2.24, 2.45) is 7.05 Å². The molecule has 1 aliphatic rings. The van der Waals surface area contributed by atoms with Crippen LogP contribution in [0, 0.1) is 6.92 Å². The summed E-state index contributed by atoms with van der Waals surface area (Å²) >= 11 is 0. The molecule has 124 valence electrons. The Morgan fingerprint density at radius 1 is 1.38 bits per heavy atom. The van der Waals surface area contributed by atoms with Gasteiger partial charge in [-0.15, -0.1) is 10.2 Å². The SMILES string of the molecule is Cc1cnc2c(C(=O)N3CCOC(c4nnn(C)n4)C3)cnn2c1. The lowest BCUT2D eigenvalue weighted by Crippen LogP contribution is -2.42. The van der Waals surface area contributed by atoms with E-state index in [0.717, 1.165) is 5.56 Å². The summed E-state index contributed by atoms with van der Waals surface area (Å²) < 4.78 is 7.29. The van der Waals surface area contributed by atoms with Gasteiger partial charge in [0, 0.05) is 18.9 Å². The Bertz CT molecular complexity index is 901. The number of carbonyl (C=O) groups is 1. The van der Waals surface area contributed by atoms with Crippen molar-refractivity contribution >= 4 is 11.6 Å². The standard InChI is InChI=1S/C14H16N8O2/c1-9-5-15-13-10(6-16-22(13)7-9)14(23)21-3-4-24-11(8-21)12-17-19-20(2)18-12/h5-7,11H,3-4,8H2,1-2H3. The summed E-state index contributed by atoms with van der Waals surface area (Å²) in [5.41, 5.74) is 2.00. The van der Waals surface area contributed by atoms with E-state index in [1.807, 2.05) is 13.1 Å². The van der Waals surface area contributed by atoms with E-state index in [-0.39, 0.29) is 12.0 Å². The zero-order chi connectivity index (χ0) is 16.7. The first-order valence-corrected chi connectivity index (χ1v) is 7.56. The van der Waals surface area contributed by atoms with E-state index in [9.17, 15) is 4.79 Å². The Labute approximate surface area is 137 Å². The topological polar surface area (TPSA) is 103 Å². The monoisotopic (exact) mass is 328 g/mol. The number of carbonyl (C=O) groups excluding carboxylic acids is 1. The molecular formula is C14H16N8O2. The molecule has 0 spiro atoms. The van der Waals surface area contributed by atoms with Gasteiger partial charge in [0.1, 0.15) is 11.7 Å². The van der Waals surface area contributed by atoms with E-state index < -0.39 is 0 Å². The van der Waals surface area contributed by atoms with Crippen LogP contribution in [0.3, 0.4) is 0 Å².